The quantitative estimate of drug-likeness (QED) is 0.375. The van der Waals surface area contributed by atoms with Crippen molar-refractivity contribution in [2.75, 3.05) is 17.3 Å². The molecule has 0 fully saturated rings. The van der Waals surface area contributed by atoms with Crippen molar-refractivity contribution < 1.29 is 28.2 Å². The van der Waals surface area contributed by atoms with Crippen molar-refractivity contribution in [1.82, 2.24) is 9.97 Å². The molecule has 2 heterocycles. The van der Waals surface area contributed by atoms with Gasteiger partial charge in [0.15, 0.2) is 0 Å². The molecule has 1 aliphatic rings. The van der Waals surface area contributed by atoms with E-state index < -0.39 is 40.5 Å². The Bertz CT molecular complexity index is 1520. The second-order valence-electron chi connectivity index (χ2n) is 7.93. The number of H-pyrrole nitrogens is 1. The van der Waals surface area contributed by atoms with Crippen LogP contribution in [0.3, 0.4) is 0 Å². The second kappa shape index (κ2) is 8.03. The number of aliphatic hydroxyl groups is 1. The maximum atomic E-state index is 15.2. The van der Waals surface area contributed by atoms with Gasteiger partial charge in [-0.25, -0.2) is 18.6 Å². The minimum absolute atomic E-state index is 0.0363. The normalized spacial score (nSPS) is 17.1. The average Bonchev–Trinajstić information content (AvgIpc) is 3.33. The molecule has 1 atom stereocenters. The number of hydrogen-bond donors (Lipinski definition) is 3. The lowest BCUT2D eigenvalue weighted by atomic mass is 9.92. The summed E-state index contributed by atoms with van der Waals surface area (Å²) < 4.78 is 34.6. The molecule has 178 valence electrons. The fourth-order valence-corrected chi connectivity index (χ4v) is 4.66. The van der Waals surface area contributed by atoms with Gasteiger partial charge in [-0.05, 0) is 42.8 Å². The summed E-state index contributed by atoms with van der Waals surface area (Å²) in [6, 6.07) is 10.9. The van der Waals surface area contributed by atoms with Crippen LogP contribution in [0.5, 0.6) is 0 Å². The largest absolute Gasteiger partial charge is 0.453 e. The number of aromatic nitrogens is 2. The van der Waals surface area contributed by atoms with Gasteiger partial charge in [0.2, 0.25) is 11.7 Å². The molecular weight excluding hydrogens is 482 g/mol. The topological polar surface area (TPSA) is 108 Å². The Morgan fingerprint density at radius 1 is 1.20 bits per heavy atom. The van der Waals surface area contributed by atoms with Crippen LogP contribution in [0.15, 0.2) is 48.5 Å². The van der Waals surface area contributed by atoms with Crippen molar-refractivity contribution in [3.8, 4) is 0 Å². The van der Waals surface area contributed by atoms with E-state index in [0.29, 0.717) is 16.6 Å². The van der Waals surface area contributed by atoms with E-state index in [1.165, 1.54) is 31.4 Å². The predicted octanol–water partition coefficient (Wildman–Crippen LogP) is 4.84. The molecule has 1 unspecified atom stereocenters. The lowest BCUT2D eigenvalue weighted by Crippen LogP contribution is -2.46. The summed E-state index contributed by atoms with van der Waals surface area (Å²) in [4.78, 5) is 33.0. The number of hydrogen-bond acceptors (Lipinski definition) is 5. The van der Waals surface area contributed by atoms with E-state index >= 15 is 4.39 Å². The number of nitrogens with zero attached hydrogens (tertiary/aromatic N) is 2. The molecule has 0 radical (unpaired) electrons. The van der Waals surface area contributed by atoms with Gasteiger partial charge in [-0.15, -0.1) is 0 Å². The number of methoxy groups -OCH3 is 1. The number of amides is 2. The van der Waals surface area contributed by atoms with Crippen molar-refractivity contribution in [2.45, 2.75) is 12.6 Å². The highest BCUT2D eigenvalue weighted by atomic mass is 35.5. The van der Waals surface area contributed by atoms with E-state index in [2.05, 4.69) is 20.0 Å². The van der Waals surface area contributed by atoms with Gasteiger partial charge in [-0.2, -0.15) is 0 Å². The molecule has 5 rings (SSSR count). The number of fused-ring (bicyclic) bond motifs is 2. The molecule has 3 aromatic carbocycles. The molecule has 35 heavy (non-hydrogen) atoms. The third-order valence-corrected chi connectivity index (χ3v) is 6.20. The molecule has 0 spiro atoms. The number of aryl methyl sites for hydroxylation is 1. The number of ether oxygens (including phenoxy) is 1. The van der Waals surface area contributed by atoms with Gasteiger partial charge in [0, 0.05) is 5.56 Å². The number of carbonyl (C=O) groups is 2. The summed E-state index contributed by atoms with van der Waals surface area (Å²) in [6.07, 6.45) is -0.754. The first-order chi connectivity index (χ1) is 16.7. The number of halogens is 3. The SMILES string of the molecule is COC(=O)Nc1nc2ccc(C3(O)c4c(F)ccc(F)c4C(=O)N3c3c(C)cccc3Cl)cc2[nH]1. The smallest absolute Gasteiger partial charge is 0.413 e. The number of imidazole rings is 1. The van der Waals surface area contributed by atoms with Gasteiger partial charge < -0.3 is 14.8 Å². The molecule has 0 saturated heterocycles. The predicted molar refractivity (Wildman–Crippen MR) is 124 cm³/mol. The Morgan fingerprint density at radius 2 is 1.94 bits per heavy atom. The van der Waals surface area contributed by atoms with E-state index in [-0.39, 0.29) is 22.2 Å². The number of benzene rings is 3. The Balaban J connectivity index is 1.77. The highest BCUT2D eigenvalue weighted by Crippen LogP contribution is 2.49. The fraction of sp³-hybridized carbons (Fsp3) is 0.125. The molecule has 0 bridgehead atoms. The number of rotatable bonds is 3. The number of aromatic amines is 1. The van der Waals surface area contributed by atoms with Crippen LogP contribution < -0.4 is 10.2 Å². The summed E-state index contributed by atoms with van der Waals surface area (Å²) in [5, 5.41) is 14.6. The summed E-state index contributed by atoms with van der Waals surface area (Å²) in [6.45, 7) is 1.66. The van der Waals surface area contributed by atoms with Crippen molar-refractivity contribution in [1.29, 1.82) is 0 Å². The Hall–Kier alpha value is -4.02. The molecular formula is C24H17ClF2N4O4. The molecule has 1 aliphatic heterocycles. The van der Waals surface area contributed by atoms with Gasteiger partial charge in [-0.1, -0.05) is 29.8 Å². The molecule has 0 aliphatic carbocycles. The van der Waals surface area contributed by atoms with E-state index in [0.717, 1.165) is 17.0 Å². The van der Waals surface area contributed by atoms with Crippen LogP contribution in [0.4, 0.5) is 25.2 Å². The number of carbonyl (C=O) groups excluding carboxylic acids is 2. The van der Waals surface area contributed by atoms with E-state index in [4.69, 9.17) is 11.6 Å². The van der Waals surface area contributed by atoms with Crippen molar-refractivity contribution in [3.63, 3.8) is 0 Å². The summed E-state index contributed by atoms with van der Waals surface area (Å²) in [7, 11) is 1.19. The lowest BCUT2D eigenvalue weighted by molar-refractivity contribution is 0.0685. The third kappa shape index (κ3) is 3.33. The summed E-state index contributed by atoms with van der Waals surface area (Å²) in [5.41, 5.74) is -2.19. The van der Waals surface area contributed by atoms with Gasteiger partial charge in [0.05, 0.1) is 40.0 Å². The highest BCUT2D eigenvalue weighted by molar-refractivity contribution is 6.34. The third-order valence-electron chi connectivity index (χ3n) is 5.90. The second-order valence-corrected chi connectivity index (χ2v) is 8.34. The number of para-hydroxylation sites is 1. The zero-order chi connectivity index (χ0) is 25.1. The van der Waals surface area contributed by atoms with Gasteiger partial charge >= 0.3 is 6.09 Å². The first-order valence-electron chi connectivity index (χ1n) is 10.3. The maximum absolute atomic E-state index is 15.2. The zero-order valence-electron chi connectivity index (χ0n) is 18.3. The van der Waals surface area contributed by atoms with Gasteiger partial charge in [-0.3, -0.25) is 15.0 Å². The van der Waals surface area contributed by atoms with Crippen LogP contribution >= 0.6 is 11.6 Å². The molecule has 1 aromatic heterocycles. The summed E-state index contributed by atoms with van der Waals surface area (Å²) in [5.74, 6) is -2.84. The van der Waals surface area contributed by atoms with Crippen LogP contribution in [0.25, 0.3) is 11.0 Å². The molecule has 0 saturated carbocycles. The number of anilines is 2. The minimum atomic E-state index is -2.45. The van der Waals surface area contributed by atoms with Gasteiger partial charge in [0.1, 0.15) is 11.6 Å². The van der Waals surface area contributed by atoms with Crippen molar-refractivity contribution in [2.24, 2.45) is 0 Å². The molecule has 3 N–H and O–H groups in total. The van der Waals surface area contributed by atoms with Crippen LogP contribution in [-0.4, -0.2) is 34.2 Å². The van der Waals surface area contributed by atoms with E-state index in [9.17, 15) is 19.1 Å². The van der Waals surface area contributed by atoms with Crippen molar-refractivity contribution >= 4 is 46.3 Å². The Labute approximate surface area is 202 Å². The maximum Gasteiger partial charge on any atom is 0.413 e. The number of nitrogens with one attached hydrogen (secondary N) is 2. The van der Waals surface area contributed by atoms with Crippen LogP contribution in [0.2, 0.25) is 5.02 Å². The molecule has 4 aromatic rings. The lowest BCUT2D eigenvalue weighted by Gasteiger charge is -2.36. The fourth-order valence-electron chi connectivity index (χ4n) is 4.35. The van der Waals surface area contributed by atoms with Crippen LogP contribution in [0.1, 0.15) is 27.0 Å². The average molecular weight is 499 g/mol. The Morgan fingerprint density at radius 3 is 2.66 bits per heavy atom. The summed E-state index contributed by atoms with van der Waals surface area (Å²) >= 11 is 6.41. The molecule has 2 amide bonds. The monoisotopic (exact) mass is 498 g/mol. The minimum Gasteiger partial charge on any atom is -0.453 e. The van der Waals surface area contributed by atoms with E-state index in [1.54, 1.807) is 19.1 Å². The zero-order valence-corrected chi connectivity index (χ0v) is 19.1. The molecule has 11 heteroatoms. The first-order valence-corrected chi connectivity index (χ1v) is 10.7. The standard InChI is InChI=1S/C24H17ClF2N4O4/c1-11-4-3-5-13(25)20(11)31-21(32)18-14(26)7-8-15(27)19(18)24(31,34)12-6-9-16-17(10-12)29-22(28-16)30-23(33)35-2/h3-10,34H,1-2H3,(H2,28,29,30,33). The highest BCUT2D eigenvalue weighted by Gasteiger charge is 2.54. The van der Waals surface area contributed by atoms with Crippen LogP contribution in [0, 0.1) is 18.6 Å². The van der Waals surface area contributed by atoms with Crippen molar-refractivity contribution in [3.05, 3.63) is 87.4 Å². The van der Waals surface area contributed by atoms with Gasteiger partial charge in [0.25, 0.3) is 5.91 Å². The molecule has 8 nitrogen and oxygen atoms in total. The Kier molecular flexibility index (Phi) is 5.22. The van der Waals surface area contributed by atoms with E-state index in [1.807, 2.05) is 0 Å². The first kappa shape index (κ1) is 22.8. The van der Waals surface area contributed by atoms with Crippen LogP contribution in [-0.2, 0) is 10.5 Å².